The Labute approximate surface area is 149 Å². The number of rotatable bonds is 9. The van der Waals surface area contributed by atoms with Gasteiger partial charge in [-0.2, -0.15) is 0 Å². The Bertz CT molecular complexity index is 438. The van der Waals surface area contributed by atoms with Crippen molar-refractivity contribution in [2.75, 3.05) is 59.5 Å². The van der Waals surface area contributed by atoms with E-state index in [4.69, 9.17) is 4.74 Å². The van der Waals surface area contributed by atoms with Crippen LogP contribution < -0.4 is 16.0 Å². The molecule has 0 radical (unpaired) electrons. The summed E-state index contributed by atoms with van der Waals surface area (Å²) in [6.45, 7) is 8.45. The normalized spacial score (nSPS) is 16.9. The minimum atomic E-state index is -0.469. The van der Waals surface area contributed by atoms with Gasteiger partial charge in [0.25, 0.3) is 0 Å². The second kappa shape index (κ2) is 11.8. The van der Waals surface area contributed by atoms with Gasteiger partial charge in [0.05, 0.1) is 12.6 Å². The molecule has 144 valence electrons. The molecule has 9 nitrogen and oxygen atoms in total. The summed E-state index contributed by atoms with van der Waals surface area (Å²) in [5.74, 6) is -0.304. The third kappa shape index (κ3) is 8.28. The first-order valence-corrected chi connectivity index (χ1v) is 8.78. The lowest BCUT2D eigenvalue weighted by molar-refractivity contribution is -0.127. The number of amides is 4. The lowest BCUT2D eigenvalue weighted by Gasteiger charge is -2.36. The quantitative estimate of drug-likeness (QED) is 0.457. The largest absolute Gasteiger partial charge is 0.385 e. The Hall–Kier alpha value is -1.71. The lowest BCUT2D eigenvalue weighted by atomic mass is 10.2. The lowest BCUT2D eigenvalue weighted by Crippen LogP contribution is -2.56. The van der Waals surface area contributed by atoms with Crippen LogP contribution in [0.2, 0.25) is 0 Å². The molecular formula is C16H31N5O4. The Morgan fingerprint density at radius 2 is 1.80 bits per heavy atom. The highest BCUT2D eigenvalue weighted by molar-refractivity contribution is 5.96. The molecular weight excluding hydrogens is 326 g/mol. The molecule has 0 bridgehead atoms. The summed E-state index contributed by atoms with van der Waals surface area (Å²) in [5, 5.41) is 7.74. The van der Waals surface area contributed by atoms with E-state index in [1.165, 1.54) is 0 Å². The molecule has 9 heteroatoms. The molecule has 0 aromatic heterocycles. The number of nitrogens with zero attached hydrogens (tertiary/aromatic N) is 2. The van der Waals surface area contributed by atoms with Crippen LogP contribution in [-0.2, 0) is 14.3 Å². The van der Waals surface area contributed by atoms with Crippen molar-refractivity contribution in [2.24, 2.45) is 0 Å². The molecule has 1 fully saturated rings. The van der Waals surface area contributed by atoms with Gasteiger partial charge in [-0.15, -0.1) is 0 Å². The van der Waals surface area contributed by atoms with Crippen molar-refractivity contribution in [1.82, 2.24) is 25.8 Å². The number of urea groups is 1. The first kappa shape index (κ1) is 21.3. The number of piperazine rings is 1. The van der Waals surface area contributed by atoms with E-state index in [0.29, 0.717) is 52.4 Å². The van der Waals surface area contributed by atoms with Crippen LogP contribution in [-0.4, -0.2) is 93.2 Å². The van der Waals surface area contributed by atoms with E-state index < -0.39 is 6.03 Å². The van der Waals surface area contributed by atoms with Gasteiger partial charge in [0.15, 0.2) is 0 Å². The molecule has 4 amide bonds. The van der Waals surface area contributed by atoms with E-state index in [-0.39, 0.29) is 17.9 Å². The van der Waals surface area contributed by atoms with Crippen LogP contribution in [0.4, 0.5) is 4.79 Å². The molecule has 1 atom stereocenters. The predicted molar refractivity (Wildman–Crippen MR) is 94.2 cm³/mol. The number of carbonyl (C=O) groups is 3. The Kier molecular flexibility index (Phi) is 10.0. The summed E-state index contributed by atoms with van der Waals surface area (Å²) in [6, 6.07) is -0.851. The summed E-state index contributed by atoms with van der Waals surface area (Å²) in [6.07, 6.45) is 0.800. The van der Waals surface area contributed by atoms with Crippen molar-refractivity contribution in [2.45, 2.75) is 26.3 Å². The molecule has 0 aromatic rings. The molecule has 1 heterocycles. The molecule has 0 aromatic carbocycles. The highest BCUT2D eigenvalue weighted by atomic mass is 16.5. The van der Waals surface area contributed by atoms with E-state index in [9.17, 15) is 14.4 Å². The van der Waals surface area contributed by atoms with Gasteiger partial charge in [-0.25, -0.2) is 4.79 Å². The summed E-state index contributed by atoms with van der Waals surface area (Å²) < 4.78 is 4.94. The Morgan fingerprint density at radius 1 is 1.12 bits per heavy atom. The monoisotopic (exact) mass is 357 g/mol. The molecule has 1 aliphatic rings. The minimum Gasteiger partial charge on any atom is -0.385 e. The molecule has 0 aliphatic carbocycles. The molecule has 1 saturated heterocycles. The number of imide groups is 1. The molecule has 0 spiro atoms. The van der Waals surface area contributed by atoms with E-state index in [0.717, 1.165) is 6.42 Å². The van der Waals surface area contributed by atoms with E-state index in [1.54, 1.807) is 21.0 Å². The van der Waals surface area contributed by atoms with Gasteiger partial charge < -0.3 is 15.4 Å². The first-order valence-electron chi connectivity index (χ1n) is 8.78. The Morgan fingerprint density at radius 3 is 2.40 bits per heavy atom. The minimum absolute atomic E-state index is 0.00609. The third-order valence-electron chi connectivity index (χ3n) is 4.12. The van der Waals surface area contributed by atoms with Crippen molar-refractivity contribution in [3.05, 3.63) is 0 Å². The van der Waals surface area contributed by atoms with Crippen molar-refractivity contribution in [1.29, 1.82) is 0 Å². The van der Waals surface area contributed by atoms with Crippen LogP contribution in [0.3, 0.4) is 0 Å². The maximum absolute atomic E-state index is 12.1. The zero-order valence-electron chi connectivity index (χ0n) is 15.5. The van der Waals surface area contributed by atoms with Gasteiger partial charge in [-0.1, -0.05) is 0 Å². The third-order valence-corrected chi connectivity index (χ3v) is 4.12. The van der Waals surface area contributed by atoms with Crippen LogP contribution in [0, 0.1) is 0 Å². The number of hydrogen-bond donors (Lipinski definition) is 3. The number of methoxy groups -OCH3 is 1. The summed E-state index contributed by atoms with van der Waals surface area (Å²) in [4.78, 5) is 39.4. The topological polar surface area (TPSA) is 103 Å². The van der Waals surface area contributed by atoms with Crippen LogP contribution >= 0.6 is 0 Å². The van der Waals surface area contributed by atoms with Crippen LogP contribution in [0.5, 0.6) is 0 Å². The zero-order chi connectivity index (χ0) is 18.7. The van der Waals surface area contributed by atoms with Crippen LogP contribution in [0.15, 0.2) is 0 Å². The molecule has 0 unspecified atom stereocenters. The maximum atomic E-state index is 12.1. The second-order valence-corrected chi connectivity index (χ2v) is 6.03. The number of hydrogen-bond acceptors (Lipinski definition) is 6. The van der Waals surface area contributed by atoms with Crippen molar-refractivity contribution >= 4 is 17.8 Å². The molecule has 3 N–H and O–H groups in total. The number of carbonyl (C=O) groups excluding carboxylic acids is 3. The SMILES string of the molecule is CCNC(=O)NC(=O)[C@H](C)N1CCN(CC(=O)NCCCOC)CC1. The first-order chi connectivity index (χ1) is 12.0. The fourth-order valence-electron chi connectivity index (χ4n) is 2.60. The summed E-state index contributed by atoms with van der Waals surface area (Å²) in [5.41, 5.74) is 0. The van der Waals surface area contributed by atoms with Gasteiger partial charge in [-0.3, -0.25) is 24.7 Å². The summed E-state index contributed by atoms with van der Waals surface area (Å²) in [7, 11) is 1.64. The standard InChI is InChI=1S/C16H31N5O4/c1-4-17-16(24)19-15(23)13(2)21-9-7-20(8-10-21)12-14(22)18-6-5-11-25-3/h13H,4-12H2,1-3H3,(H,18,22)(H2,17,19,23,24)/t13-/m0/s1. The summed E-state index contributed by atoms with van der Waals surface area (Å²) >= 11 is 0. The highest BCUT2D eigenvalue weighted by Gasteiger charge is 2.27. The van der Waals surface area contributed by atoms with Gasteiger partial charge >= 0.3 is 6.03 Å². The van der Waals surface area contributed by atoms with Gasteiger partial charge in [0, 0.05) is 53.0 Å². The van der Waals surface area contributed by atoms with Crippen LogP contribution in [0.1, 0.15) is 20.3 Å². The van der Waals surface area contributed by atoms with E-state index >= 15 is 0 Å². The molecule has 1 aliphatic heterocycles. The molecule has 0 saturated carbocycles. The molecule has 1 rings (SSSR count). The zero-order valence-corrected chi connectivity index (χ0v) is 15.5. The average molecular weight is 357 g/mol. The maximum Gasteiger partial charge on any atom is 0.321 e. The van der Waals surface area contributed by atoms with Gasteiger partial charge in [0.1, 0.15) is 0 Å². The fraction of sp³-hybridized carbons (Fsp3) is 0.812. The smallest absolute Gasteiger partial charge is 0.321 e. The number of ether oxygens (including phenoxy) is 1. The van der Waals surface area contributed by atoms with Crippen molar-refractivity contribution < 1.29 is 19.1 Å². The molecule has 25 heavy (non-hydrogen) atoms. The van der Waals surface area contributed by atoms with Crippen LogP contribution in [0.25, 0.3) is 0 Å². The second-order valence-electron chi connectivity index (χ2n) is 6.03. The van der Waals surface area contributed by atoms with Crippen molar-refractivity contribution in [3.63, 3.8) is 0 Å². The fourth-order valence-corrected chi connectivity index (χ4v) is 2.60. The van der Waals surface area contributed by atoms with Crippen molar-refractivity contribution in [3.8, 4) is 0 Å². The van der Waals surface area contributed by atoms with Gasteiger partial charge in [-0.05, 0) is 20.3 Å². The predicted octanol–water partition coefficient (Wildman–Crippen LogP) is -1.01. The highest BCUT2D eigenvalue weighted by Crippen LogP contribution is 2.06. The average Bonchev–Trinajstić information content (AvgIpc) is 2.59. The Balaban J connectivity index is 2.27. The number of nitrogens with one attached hydrogen (secondary N) is 3. The van der Waals surface area contributed by atoms with Gasteiger partial charge in [0.2, 0.25) is 11.8 Å². The van der Waals surface area contributed by atoms with E-state index in [1.807, 2.05) is 4.90 Å². The van der Waals surface area contributed by atoms with E-state index in [2.05, 4.69) is 20.9 Å².